The van der Waals surface area contributed by atoms with Gasteiger partial charge >= 0.3 is 11.9 Å². The fourth-order valence-electron chi connectivity index (χ4n) is 2.35. The molecule has 1 fully saturated rings. The Kier molecular flexibility index (Phi) is 6.70. The van der Waals surface area contributed by atoms with Gasteiger partial charge in [0.2, 0.25) is 10.0 Å². The van der Waals surface area contributed by atoms with Crippen LogP contribution >= 0.6 is 0 Å². The van der Waals surface area contributed by atoms with Crippen LogP contribution in [0.5, 0.6) is 0 Å². The molecule has 9 nitrogen and oxygen atoms in total. The minimum atomic E-state index is -3.55. The van der Waals surface area contributed by atoms with E-state index in [1.54, 1.807) is 0 Å². The van der Waals surface area contributed by atoms with Gasteiger partial charge in [0.15, 0.2) is 6.61 Å². The number of nitrogens with zero attached hydrogens (tertiary/aromatic N) is 1. The van der Waals surface area contributed by atoms with Crippen molar-refractivity contribution in [3.05, 3.63) is 29.8 Å². The number of nitrogens with one attached hydrogen (secondary N) is 1. The average Bonchev–Trinajstić information content (AvgIpc) is 3.19. The van der Waals surface area contributed by atoms with Crippen molar-refractivity contribution < 1.29 is 32.3 Å². The summed E-state index contributed by atoms with van der Waals surface area (Å²) >= 11 is 0. The number of carbonyl (C=O) groups excluding carboxylic acids is 3. The molecule has 0 spiro atoms. The molecule has 26 heavy (non-hydrogen) atoms. The van der Waals surface area contributed by atoms with Gasteiger partial charge in [0.25, 0.3) is 5.91 Å². The van der Waals surface area contributed by atoms with Crippen molar-refractivity contribution in [1.82, 2.24) is 9.62 Å². The van der Waals surface area contributed by atoms with Crippen molar-refractivity contribution in [2.75, 3.05) is 33.4 Å². The quantitative estimate of drug-likeness (QED) is 0.653. The molecule has 1 amide bonds. The Morgan fingerprint density at radius 1 is 1.12 bits per heavy atom. The summed E-state index contributed by atoms with van der Waals surface area (Å²) in [6.07, 6.45) is 1.67. The molecule has 1 saturated heterocycles. The maximum Gasteiger partial charge on any atom is 0.338 e. The van der Waals surface area contributed by atoms with Gasteiger partial charge in [0, 0.05) is 13.1 Å². The molecule has 0 radical (unpaired) electrons. The maximum absolute atomic E-state index is 12.4. The van der Waals surface area contributed by atoms with Gasteiger partial charge in [-0.15, -0.1) is 0 Å². The lowest BCUT2D eigenvalue weighted by atomic mass is 10.2. The molecule has 0 bridgehead atoms. The molecule has 1 aromatic carbocycles. The van der Waals surface area contributed by atoms with Gasteiger partial charge in [-0.3, -0.25) is 9.59 Å². The number of hydrogen-bond acceptors (Lipinski definition) is 7. The summed E-state index contributed by atoms with van der Waals surface area (Å²) in [5.74, 6) is -2.06. The van der Waals surface area contributed by atoms with Gasteiger partial charge in [-0.1, -0.05) is 0 Å². The first kappa shape index (κ1) is 19.9. The first-order chi connectivity index (χ1) is 12.3. The van der Waals surface area contributed by atoms with Crippen molar-refractivity contribution in [2.45, 2.75) is 17.7 Å². The average molecular weight is 384 g/mol. The second kappa shape index (κ2) is 8.77. The van der Waals surface area contributed by atoms with E-state index in [9.17, 15) is 22.8 Å². The molecule has 2 rings (SSSR count). The van der Waals surface area contributed by atoms with Gasteiger partial charge in [0.05, 0.1) is 17.6 Å². The second-order valence-corrected chi connectivity index (χ2v) is 7.50. The van der Waals surface area contributed by atoms with E-state index in [0.29, 0.717) is 13.1 Å². The predicted molar refractivity (Wildman–Crippen MR) is 89.7 cm³/mol. The highest BCUT2D eigenvalue weighted by molar-refractivity contribution is 7.89. The van der Waals surface area contributed by atoms with Gasteiger partial charge in [-0.25, -0.2) is 13.2 Å². The Morgan fingerprint density at radius 2 is 1.73 bits per heavy atom. The van der Waals surface area contributed by atoms with E-state index >= 15 is 0 Å². The largest absolute Gasteiger partial charge is 0.468 e. The zero-order chi connectivity index (χ0) is 19.2. The van der Waals surface area contributed by atoms with Crippen molar-refractivity contribution in [2.24, 2.45) is 0 Å². The third kappa shape index (κ3) is 5.02. The van der Waals surface area contributed by atoms with Gasteiger partial charge in [0.1, 0.15) is 6.54 Å². The summed E-state index contributed by atoms with van der Waals surface area (Å²) in [6, 6.07) is 5.33. The summed E-state index contributed by atoms with van der Waals surface area (Å²) in [6.45, 7) is 0.0964. The number of hydrogen-bond donors (Lipinski definition) is 1. The molecule has 1 aliphatic heterocycles. The monoisotopic (exact) mass is 384 g/mol. The lowest BCUT2D eigenvalue weighted by Gasteiger charge is -2.15. The summed E-state index contributed by atoms with van der Waals surface area (Å²) in [5.41, 5.74) is 0.117. The SMILES string of the molecule is COC(=O)CNC(=O)COC(=O)c1ccc(S(=O)(=O)N2CCCC2)cc1. The fraction of sp³-hybridized carbons (Fsp3) is 0.438. The van der Waals surface area contributed by atoms with Crippen LogP contribution in [0.4, 0.5) is 0 Å². The Balaban J connectivity index is 1.90. The highest BCUT2D eigenvalue weighted by atomic mass is 32.2. The number of rotatable bonds is 7. The number of methoxy groups -OCH3 is 1. The van der Waals surface area contributed by atoms with Crippen LogP contribution in [-0.4, -0.2) is 63.9 Å². The van der Waals surface area contributed by atoms with E-state index in [1.807, 2.05) is 0 Å². The molecule has 1 aromatic rings. The van der Waals surface area contributed by atoms with Gasteiger partial charge in [-0.2, -0.15) is 4.31 Å². The smallest absolute Gasteiger partial charge is 0.338 e. The van der Waals surface area contributed by atoms with Crippen LogP contribution < -0.4 is 5.32 Å². The topological polar surface area (TPSA) is 119 Å². The molecule has 142 valence electrons. The normalized spacial score (nSPS) is 14.7. The van der Waals surface area contributed by atoms with Crippen LogP contribution in [0.3, 0.4) is 0 Å². The predicted octanol–water partition coefficient (Wildman–Crippen LogP) is -0.0829. The highest BCUT2D eigenvalue weighted by Gasteiger charge is 2.27. The molecule has 0 aliphatic carbocycles. The maximum atomic E-state index is 12.4. The Hall–Kier alpha value is -2.46. The first-order valence-corrected chi connectivity index (χ1v) is 9.39. The zero-order valence-corrected chi connectivity index (χ0v) is 15.1. The van der Waals surface area contributed by atoms with Gasteiger partial charge < -0.3 is 14.8 Å². The molecule has 1 heterocycles. The molecular weight excluding hydrogens is 364 g/mol. The second-order valence-electron chi connectivity index (χ2n) is 5.56. The first-order valence-electron chi connectivity index (χ1n) is 7.95. The van der Waals surface area contributed by atoms with E-state index in [2.05, 4.69) is 10.1 Å². The minimum absolute atomic E-state index is 0.103. The van der Waals surface area contributed by atoms with Crippen LogP contribution in [0.1, 0.15) is 23.2 Å². The van der Waals surface area contributed by atoms with E-state index in [1.165, 1.54) is 35.7 Å². The lowest BCUT2D eigenvalue weighted by molar-refractivity contribution is -0.141. The fourth-order valence-corrected chi connectivity index (χ4v) is 3.87. The van der Waals surface area contributed by atoms with Crippen LogP contribution in [0.2, 0.25) is 0 Å². The molecular formula is C16H20N2O7S. The van der Waals surface area contributed by atoms with E-state index in [0.717, 1.165) is 12.8 Å². The number of sulfonamides is 1. The molecule has 0 saturated carbocycles. The number of amides is 1. The van der Waals surface area contributed by atoms with Crippen molar-refractivity contribution in [3.8, 4) is 0 Å². The Labute approximate surface area is 151 Å². The summed E-state index contributed by atoms with van der Waals surface area (Å²) in [5, 5.41) is 2.22. The third-order valence-corrected chi connectivity index (χ3v) is 5.70. The third-order valence-electron chi connectivity index (χ3n) is 3.78. The molecule has 0 aromatic heterocycles. The standard InChI is InChI=1S/C16H20N2O7S/c1-24-15(20)10-17-14(19)11-25-16(21)12-4-6-13(7-5-12)26(22,23)18-8-2-3-9-18/h4-7H,2-3,8-11H2,1H3,(H,17,19). The summed E-state index contributed by atoms with van der Waals surface area (Å²) < 4.78 is 35.4. The zero-order valence-electron chi connectivity index (χ0n) is 14.3. The van der Waals surface area contributed by atoms with Gasteiger partial charge in [-0.05, 0) is 37.1 Å². The number of ether oxygens (including phenoxy) is 2. The molecule has 0 unspecified atom stereocenters. The van der Waals surface area contributed by atoms with Crippen molar-refractivity contribution in [3.63, 3.8) is 0 Å². The Morgan fingerprint density at radius 3 is 2.31 bits per heavy atom. The van der Waals surface area contributed by atoms with Crippen LogP contribution in [0.15, 0.2) is 29.2 Å². The van der Waals surface area contributed by atoms with Crippen LogP contribution in [0.25, 0.3) is 0 Å². The summed E-state index contributed by atoms with van der Waals surface area (Å²) in [7, 11) is -2.37. The number of esters is 2. The minimum Gasteiger partial charge on any atom is -0.468 e. The van der Waals surface area contributed by atoms with E-state index < -0.39 is 34.5 Å². The number of carbonyl (C=O) groups is 3. The highest BCUT2D eigenvalue weighted by Crippen LogP contribution is 2.21. The molecule has 1 aliphatic rings. The van der Waals surface area contributed by atoms with Crippen molar-refractivity contribution in [1.29, 1.82) is 0 Å². The summed E-state index contributed by atoms with van der Waals surface area (Å²) in [4.78, 5) is 34.3. The number of benzene rings is 1. The lowest BCUT2D eigenvalue weighted by Crippen LogP contribution is -2.33. The molecule has 10 heteroatoms. The van der Waals surface area contributed by atoms with Crippen LogP contribution in [-0.2, 0) is 29.1 Å². The van der Waals surface area contributed by atoms with Crippen LogP contribution in [0, 0.1) is 0 Å². The molecule has 0 atom stereocenters. The van der Waals surface area contributed by atoms with E-state index in [4.69, 9.17) is 4.74 Å². The van der Waals surface area contributed by atoms with Crippen molar-refractivity contribution >= 4 is 27.9 Å². The Bertz CT molecular complexity index is 768. The van der Waals surface area contributed by atoms with E-state index in [-0.39, 0.29) is 17.0 Å². The molecule has 1 N–H and O–H groups in total.